The van der Waals surface area contributed by atoms with E-state index >= 15 is 0 Å². The normalized spacial score (nSPS) is 11.3. The number of benzene rings is 1. The molecule has 176 valence electrons. The van der Waals surface area contributed by atoms with Crippen LogP contribution in [0.3, 0.4) is 0 Å². The van der Waals surface area contributed by atoms with Crippen molar-refractivity contribution in [3.05, 3.63) is 80.4 Å². The van der Waals surface area contributed by atoms with Crippen molar-refractivity contribution in [3.8, 4) is 22.8 Å². The zero-order chi connectivity index (χ0) is 24.6. The van der Waals surface area contributed by atoms with Gasteiger partial charge in [0, 0.05) is 24.6 Å². The highest BCUT2D eigenvalue weighted by atomic mass is 35.5. The summed E-state index contributed by atoms with van der Waals surface area (Å²) in [6.07, 6.45) is 3.33. The van der Waals surface area contributed by atoms with Gasteiger partial charge in [-0.3, -0.25) is 9.36 Å². The highest BCUT2D eigenvalue weighted by Crippen LogP contribution is 2.29. The molecule has 34 heavy (non-hydrogen) atoms. The van der Waals surface area contributed by atoms with Crippen LogP contribution in [0.2, 0.25) is 5.02 Å². The van der Waals surface area contributed by atoms with Crippen molar-refractivity contribution in [2.24, 2.45) is 0 Å². The maximum absolute atomic E-state index is 13.4. The number of hydrogen-bond donors (Lipinski definition) is 0. The Balaban J connectivity index is 1.76. The predicted octanol–water partition coefficient (Wildman–Crippen LogP) is 5.27. The molecule has 3 aromatic heterocycles. The number of oxazole rings is 1. The third-order valence-electron chi connectivity index (χ3n) is 5.42. The number of ether oxygens (including phenoxy) is 1. The van der Waals surface area contributed by atoms with Gasteiger partial charge in [0.2, 0.25) is 5.88 Å². The summed E-state index contributed by atoms with van der Waals surface area (Å²) in [5.74, 6) is 2.19. The van der Waals surface area contributed by atoms with Crippen molar-refractivity contribution < 1.29 is 9.15 Å². The molecule has 9 heteroatoms. The van der Waals surface area contributed by atoms with Crippen LogP contribution in [0.5, 0.6) is 5.88 Å². The molecular formula is C25H26ClN5O3. The lowest BCUT2D eigenvalue weighted by Gasteiger charge is -2.16. The first-order valence-electron chi connectivity index (χ1n) is 10.9. The van der Waals surface area contributed by atoms with Crippen LogP contribution in [0.15, 0.2) is 39.9 Å². The van der Waals surface area contributed by atoms with E-state index in [1.807, 2.05) is 39.1 Å². The fraction of sp³-hybridized carbons (Fsp3) is 0.320. The molecule has 0 unspecified atom stereocenters. The maximum Gasteiger partial charge on any atom is 0.264 e. The minimum Gasteiger partial charge on any atom is -0.471 e. The van der Waals surface area contributed by atoms with Crippen LogP contribution < -0.4 is 10.3 Å². The van der Waals surface area contributed by atoms with E-state index in [0.29, 0.717) is 33.7 Å². The van der Waals surface area contributed by atoms with Crippen molar-refractivity contribution >= 4 is 11.6 Å². The molecule has 0 N–H and O–H groups in total. The highest BCUT2D eigenvalue weighted by Gasteiger charge is 2.18. The van der Waals surface area contributed by atoms with Gasteiger partial charge in [0.05, 0.1) is 22.0 Å². The van der Waals surface area contributed by atoms with Crippen LogP contribution in [0.4, 0.5) is 0 Å². The lowest BCUT2D eigenvalue weighted by molar-refractivity contribution is 0.284. The molecular weight excluding hydrogens is 454 g/mol. The Morgan fingerprint density at radius 1 is 1.12 bits per heavy atom. The Kier molecular flexibility index (Phi) is 6.52. The summed E-state index contributed by atoms with van der Waals surface area (Å²) in [5, 5.41) is 0.428. The van der Waals surface area contributed by atoms with Gasteiger partial charge in [-0.1, -0.05) is 31.5 Å². The third-order valence-corrected chi connectivity index (χ3v) is 5.74. The SMILES string of the molecule is Cc1nc(COc2nc(C)n(-c3cc(-c4nc(C(C)C)ncc4C)ccc3Cl)c(=O)c2C)co1. The van der Waals surface area contributed by atoms with Crippen molar-refractivity contribution in [1.82, 2.24) is 24.5 Å². The first-order chi connectivity index (χ1) is 16.2. The third kappa shape index (κ3) is 4.59. The molecule has 0 saturated carbocycles. The molecule has 0 aliphatic rings. The van der Waals surface area contributed by atoms with Gasteiger partial charge >= 0.3 is 0 Å². The van der Waals surface area contributed by atoms with Crippen LogP contribution in [-0.2, 0) is 6.61 Å². The molecule has 0 aliphatic carbocycles. The molecule has 4 rings (SSSR count). The van der Waals surface area contributed by atoms with Crippen LogP contribution in [-0.4, -0.2) is 24.5 Å². The topological polar surface area (TPSA) is 95.9 Å². The van der Waals surface area contributed by atoms with Crippen LogP contribution in [0.1, 0.15) is 54.1 Å². The lowest BCUT2D eigenvalue weighted by Crippen LogP contribution is -2.25. The first kappa shape index (κ1) is 23.6. The van der Waals surface area contributed by atoms with E-state index < -0.39 is 0 Å². The summed E-state index contributed by atoms with van der Waals surface area (Å²) in [6, 6.07) is 5.51. The quantitative estimate of drug-likeness (QED) is 0.371. The number of aryl methyl sites for hydroxylation is 3. The van der Waals surface area contributed by atoms with E-state index in [-0.39, 0.29) is 24.0 Å². The molecule has 0 saturated heterocycles. The van der Waals surface area contributed by atoms with Gasteiger partial charge in [-0.25, -0.2) is 15.0 Å². The van der Waals surface area contributed by atoms with Crippen molar-refractivity contribution in [2.45, 2.75) is 54.1 Å². The van der Waals surface area contributed by atoms with E-state index in [2.05, 4.69) is 15.0 Å². The summed E-state index contributed by atoms with van der Waals surface area (Å²) in [7, 11) is 0. The van der Waals surface area contributed by atoms with E-state index in [9.17, 15) is 4.79 Å². The van der Waals surface area contributed by atoms with Gasteiger partial charge in [0.1, 0.15) is 30.2 Å². The fourth-order valence-corrected chi connectivity index (χ4v) is 3.79. The number of hydrogen-bond acceptors (Lipinski definition) is 7. The Hall–Kier alpha value is -3.52. The molecule has 0 fully saturated rings. The smallest absolute Gasteiger partial charge is 0.264 e. The Morgan fingerprint density at radius 2 is 1.88 bits per heavy atom. The molecule has 0 aliphatic heterocycles. The van der Waals surface area contributed by atoms with E-state index in [1.165, 1.54) is 10.8 Å². The Morgan fingerprint density at radius 3 is 2.56 bits per heavy atom. The van der Waals surface area contributed by atoms with Gasteiger partial charge in [-0.2, -0.15) is 4.98 Å². The standard InChI is InChI=1S/C25H26ClN5O3/c1-13(2)23-27-10-14(3)22(30-23)18-7-8-20(26)21(9-18)31-16(5)28-24(15(4)25(31)32)34-12-19-11-33-17(6)29-19/h7-11,13H,12H2,1-6H3. The van der Waals surface area contributed by atoms with Crippen molar-refractivity contribution in [3.63, 3.8) is 0 Å². The lowest BCUT2D eigenvalue weighted by atomic mass is 10.1. The molecule has 1 aromatic carbocycles. The molecule has 4 aromatic rings. The number of halogens is 1. The molecule has 3 heterocycles. The first-order valence-corrected chi connectivity index (χ1v) is 11.3. The summed E-state index contributed by atoms with van der Waals surface area (Å²) < 4.78 is 12.5. The molecule has 0 atom stereocenters. The van der Waals surface area contributed by atoms with Gasteiger partial charge in [0.15, 0.2) is 5.89 Å². The average Bonchev–Trinajstić information content (AvgIpc) is 3.22. The second kappa shape index (κ2) is 9.38. The van der Waals surface area contributed by atoms with E-state index in [0.717, 1.165) is 22.6 Å². The fourth-order valence-electron chi connectivity index (χ4n) is 3.59. The number of aromatic nitrogens is 5. The second-order valence-corrected chi connectivity index (χ2v) is 8.86. The Labute approximate surface area is 202 Å². The molecule has 0 radical (unpaired) electrons. The predicted molar refractivity (Wildman–Crippen MR) is 130 cm³/mol. The number of rotatable bonds is 6. The summed E-state index contributed by atoms with van der Waals surface area (Å²) >= 11 is 6.55. The maximum atomic E-state index is 13.4. The van der Waals surface area contributed by atoms with Gasteiger partial charge in [-0.05, 0) is 38.5 Å². The van der Waals surface area contributed by atoms with Crippen molar-refractivity contribution in [2.75, 3.05) is 0 Å². The molecule has 0 spiro atoms. The molecule has 0 amide bonds. The van der Waals surface area contributed by atoms with E-state index in [4.69, 9.17) is 25.7 Å². The summed E-state index contributed by atoms with van der Waals surface area (Å²) in [4.78, 5) is 31.3. The second-order valence-electron chi connectivity index (χ2n) is 8.46. The zero-order valence-electron chi connectivity index (χ0n) is 20.0. The summed E-state index contributed by atoms with van der Waals surface area (Å²) in [5.41, 5.74) is 3.83. The molecule has 8 nitrogen and oxygen atoms in total. The minimum atomic E-state index is -0.264. The minimum absolute atomic E-state index is 0.148. The largest absolute Gasteiger partial charge is 0.471 e. The van der Waals surface area contributed by atoms with Crippen LogP contribution in [0.25, 0.3) is 16.9 Å². The van der Waals surface area contributed by atoms with Crippen molar-refractivity contribution in [1.29, 1.82) is 0 Å². The number of nitrogens with zero attached hydrogens (tertiary/aromatic N) is 5. The monoisotopic (exact) mass is 479 g/mol. The zero-order valence-corrected chi connectivity index (χ0v) is 20.8. The summed E-state index contributed by atoms with van der Waals surface area (Å²) in [6.45, 7) is 11.4. The van der Waals surface area contributed by atoms with Gasteiger partial charge in [-0.15, -0.1) is 0 Å². The molecule has 0 bridgehead atoms. The van der Waals surface area contributed by atoms with Crippen LogP contribution in [0, 0.1) is 27.7 Å². The van der Waals surface area contributed by atoms with E-state index in [1.54, 1.807) is 26.8 Å². The van der Waals surface area contributed by atoms with Gasteiger partial charge in [0.25, 0.3) is 5.56 Å². The Bertz CT molecular complexity index is 1420. The van der Waals surface area contributed by atoms with Crippen LogP contribution >= 0.6 is 11.6 Å². The average molecular weight is 480 g/mol. The van der Waals surface area contributed by atoms with Gasteiger partial charge < -0.3 is 9.15 Å². The highest BCUT2D eigenvalue weighted by molar-refractivity contribution is 6.32.